The summed E-state index contributed by atoms with van der Waals surface area (Å²) in [7, 11) is 0. The monoisotopic (exact) mass is 342 g/mol. The first-order chi connectivity index (χ1) is 12.1. The predicted molar refractivity (Wildman–Crippen MR) is 90.6 cm³/mol. The van der Waals surface area contributed by atoms with Gasteiger partial charge in [-0.2, -0.15) is 0 Å². The van der Waals surface area contributed by atoms with Gasteiger partial charge in [0.1, 0.15) is 6.04 Å². The zero-order valence-corrected chi connectivity index (χ0v) is 14.1. The normalized spacial score (nSPS) is 24.4. The molecule has 2 fully saturated rings. The van der Waals surface area contributed by atoms with Crippen LogP contribution in [0.2, 0.25) is 0 Å². The van der Waals surface area contributed by atoms with Gasteiger partial charge in [-0.05, 0) is 23.6 Å². The molecule has 1 aromatic rings. The fourth-order valence-electron chi connectivity index (χ4n) is 3.85. The quantitative estimate of drug-likeness (QED) is 0.747. The van der Waals surface area contributed by atoms with Crippen LogP contribution in [0, 0.1) is 0 Å². The lowest BCUT2D eigenvalue weighted by molar-refractivity contribution is -0.136. The van der Waals surface area contributed by atoms with Crippen molar-refractivity contribution in [2.24, 2.45) is 0 Å². The largest absolute Gasteiger partial charge is 0.322 e. The summed E-state index contributed by atoms with van der Waals surface area (Å²) in [4.78, 5) is 40.1. The number of carbonyl (C=O) groups is 3. The molecule has 3 aliphatic rings. The van der Waals surface area contributed by atoms with Gasteiger partial charge in [-0.3, -0.25) is 24.6 Å². The molecule has 4 rings (SSSR count). The molecule has 2 saturated heterocycles. The molecule has 3 amide bonds. The Kier molecular flexibility index (Phi) is 4.27. The first-order valence-electron chi connectivity index (χ1n) is 8.81. The molecule has 25 heavy (non-hydrogen) atoms. The van der Waals surface area contributed by atoms with Crippen molar-refractivity contribution in [2.75, 3.05) is 26.2 Å². The summed E-state index contributed by atoms with van der Waals surface area (Å²) in [6, 6.07) is 5.42. The molecule has 0 aliphatic carbocycles. The van der Waals surface area contributed by atoms with E-state index in [1.165, 1.54) is 5.56 Å². The highest BCUT2D eigenvalue weighted by Crippen LogP contribution is 2.28. The SMILES string of the molecule is O=C1CCC(N2Cc3cc(CN4CCNCC4)ccc3C2=O)C(=O)N1. The Bertz CT molecular complexity index is 727. The fourth-order valence-corrected chi connectivity index (χ4v) is 3.85. The maximum absolute atomic E-state index is 12.7. The van der Waals surface area contributed by atoms with Gasteiger partial charge in [0.15, 0.2) is 0 Å². The molecule has 0 aromatic heterocycles. The van der Waals surface area contributed by atoms with Crippen LogP contribution in [0.5, 0.6) is 0 Å². The van der Waals surface area contributed by atoms with Crippen LogP contribution >= 0.6 is 0 Å². The molecule has 0 spiro atoms. The predicted octanol–water partition coefficient (Wildman–Crippen LogP) is -0.147. The third-order valence-corrected chi connectivity index (χ3v) is 5.20. The zero-order chi connectivity index (χ0) is 17.4. The molecular weight excluding hydrogens is 320 g/mol. The van der Waals surface area contributed by atoms with Gasteiger partial charge in [0.25, 0.3) is 5.91 Å². The highest BCUT2D eigenvalue weighted by Gasteiger charge is 2.39. The number of nitrogens with one attached hydrogen (secondary N) is 2. The second kappa shape index (κ2) is 6.57. The van der Waals surface area contributed by atoms with Gasteiger partial charge in [0, 0.05) is 51.3 Å². The molecule has 2 N–H and O–H groups in total. The minimum atomic E-state index is -0.547. The molecule has 7 nitrogen and oxygen atoms in total. The van der Waals surface area contributed by atoms with E-state index in [0.717, 1.165) is 38.3 Å². The summed E-state index contributed by atoms with van der Waals surface area (Å²) in [5, 5.41) is 5.68. The third kappa shape index (κ3) is 3.17. The molecular formula is C18H22N4O3. The van der Waals surface area contributed by atoms with Crippen molar-refractivity contribution in [3.05, 3.63) is 34.9 Å². The Morgan fingerprint density at radius 2 is 1.92 bits per heavy atom. The van der Waals surface area contributed by atoms with Gasteiger partial charge in [0.05, 0.1) is 0 Å². The average molecular weight is 342 g/mol. The number of amides is 3. The Labute approximate surface area is 146 Å². The number of hydrogen-bond acceptors (Lipinski definition) is 5. The molecule has 7 heteroatoms. The second-order valence-corrected chi connectivity index (χ2v) is 6.92. The Morgan fingerprint density at radius 3 is 2.68 bits per heavy atom. The van der Waals surface area contributed by atoms with Crippen molar-refractivity contribution >= 4 is 17.7 Å². The second-order valence-electron chi connectivity index (χ2n) is 6.92. The minimum Gasteiger partial charge on any atom is -0.322 e. The van der Waals surface area contributed by atoms with Crippen LogP contribution in [0.3, 0.4) is 0 Å². The van der Waals surface area contributed by atoms with Crippen molar-refractivity contribution < 1.29 is 14.4 Å². The van der Waals surface area contributed by atoms with E-state index in [2.05, 4.69) is 21.6 Å². The van der Waals surface area contributed by atoms with Crippen LogP contribution in [0.15, 0.2) is 18.2 Å². The molecule has 0 saturated carbocycles. The van der Waals surface area contributed by atoms with E-state index in [0.29, 0.717) is 18.5 Å². The summed E-state index contributed by atoms with van der Waals surface area (Å²) in [6.07, 6.45) is 0.683. The number of hydrogen-bond donors (Lipinski definition) is 2. The van der Waals surface area contributed by atoms with E-state index in [1.807, 2.05) is 12.1 Å². The number of benzene rings is 1. The molecule has 3 heterocycles. The summed E-state index contributed by atoms with van der Waals surface area (Å²) < 4.78 is 0. The lowest BCUT2D eigenvalue weighted by Gasteiger charge is -2.29. The highest BCUT2D eigenvalue weighted by atomic mass is 16.2. The fraction of sp³-hybridized carbons (Fsp3) is 0.500. The molecule has 1 unspecified atom stereocenters. The van der Waals surface area contributed by atoms with Crippen LogP contribution in [0.1, 0.15) is 34.3 Å². The Hall–Kier alpha value is -2.25. The van der Waals surface area contributed by atoms with Gasteiger partial charge in [-0.1, -0.05) is 12.1 Å². The van der Waals surface area contributed by atoms with Gasteiger partial charge in [-0.25, -0.2) is 0 Å². The summed E-state index contributed by atoms with van der Waals surface area (Å²) in [5.74, 6) is -0.736. The van der Waals surface area contributed by atoms with E-state index in [1.54, 1.807) is 4.90 Å². The van der Waals surface area contributed by atoms with E-state index in [4.69, 9.17) is 0 Å². The highest BCUT2D eigenvalue weighted by molar-refractivity contribution is 6.05. The number of piperazine rings is 1. The van der Waals surface area contributed by atoms with Crippen molar-refractivity contribution in [3.63, 3.8) is 0 Å². The third-order valence-electron chi connectivity index (χ3n) is 5.20. The number of piperidine rings is 1. The standard InChI is InChI=1S/C18H22N4O3/c23-16-4-3-15(17(24)20-16)22-11-13-9-12(1-2-14(13)18(22)25)10-21-7-5-19-6-8-21/h1-2,9,15,19H,3-8,10-11H2,(H,20,23,24). The number of imide groups is 1. The molecule has 132 valence electrons. The first-order valence-corrected chi connectivity index (χ1v) is 8.81. The average Bonchev–Trinajstić information content (AvgIpc) is 2.92. The maximum atomic E-state index is 12.7. The topological polar surface area (TPSA) is 81.8 Å². The van der Waals surface area contributed by atoms with Crippen LogP contribution in [0.25, 0.3) is 0 Å². The van der Waals surface area contributed by atoms with E-state index in [-0.39, 0.29) is 24.1 Å². The van der Waals surface area contributed by atoms with Crippen molar-refractivity contribution in [2.45, 2.75) is 32.0 Å². The molecule has 1 atom stereocenters. The van der Waals surface area contributed by atoms with Gasteiger partial charge < -0.3 is 10.2 Å². The zero-order valence-electron chi connectivity index (χ0n) is 14.1. The Morgan fingerprint density at radius 1 is 1.12 bits per heavy atom. The number of carbonyl (C=O) groups excluding carboxylic acids is 3. The minimum absolute atomic E-state index is 0.113. The lowest BCUT2D eigenvalue weighted by atomic mass is 10.0. The molecule has 0 radical (unpaired) electrons. The smallest absolute Gasteiger partial charge is 0.255 e. The Balaban J connectivity index is 1.49. The molecule has 0 bridgehead atoms. The van der Waals surface area contributed by atoms with Crippen LogP contribution in [-0.2, 0) is 22.7 Å². The van der Waals surface area contributed by atoms with Gasteiger partial charge in [-0.15, -0.1) is 0 Å². The van der Waals surface area contributed by atoms with Crippen LogP contribution in [-0.4, -0.2) is 59.7 Å². The van der Waals surface area contributed by atoms with Crippen molar-refractivity contribution in [1.29, 1.82) is 0 Å². The maximum Gasteiger partial charge on any atom is 0.255 e. The molecule has 1 aromatic carbocycles. The van der Waals surface area contributed by atoms with E-state index in [9.17, 15) is 14.4 Å². The number of fused-ring (bicyclic) bond motifs is 1. The van der Waals surface area contributed by atoms with Gasteiger partial charge >= 0.3 is 0 Å². The lowest BCUT2D eigenvalue weighted by Crippen LogP contribution is -2.52. The van der Waals surface area contributed by atoms with E-state index >= 15 is 0 Å². The summed E-state index contributed by atoms with van der Waals surface area (Å²) >= 11 is 0. The summed E-state index contributed by atoms with van der Waals surface area (Å²) in [5.41, 5.74) is 2.84. The first kappa shape index (κ1) is 16.2. The number of rotatable bonds is 3. The van der Waals surface area contributed by atoms with Crippen LogP contribution < -0.4 is 10.6 Å². The molecule has 3 aliphatic heterocycles. The van der Waals surface area contributed by atoms with Gasteiger partial charge in [0.2, 0.25) is 11.8 Å². The number of nitrogens with zero attached hydrogens (tertiary/aromatic N) is 2. The van der Waals surface area contributed by atoms with Crippen molar-refractivity contribution in [3.8, 4) is 0 Å². The summed E-state index contributed by atoms with van der Waals surface area (Å²) in [6.45, 7) is 5.38. The van der Waals surface area contributed by atoms with Crippen molar-refractivity contribution in [1.82, 2.24) is 20.4 Å². The van der Waals surface area contributed by atoms with E-state index < -0.39 is 6.04 Å². The van der Waals surface area contributed by atoms with Crippen LogP contribution in [0.4, 0.5) is 0 Å².